The molecule has 1 unspecified atom stereocenters. The summed E-state index contributed by atoms with van der Waals surface area (Å²) in [6, 6.07) is 7.55. The average Bonchev–Trinajstić information content (AvgIpc) is 3.05. The van der Waals surface area contributed by atoms with Crippen molar-refractivity contribution in [2.24, 2.45) is 0 Å². The third kappa shape index (κ3) is 6.26. The number of rotatable bonds is 7. The van der Waals surface area contributed by atoms with Gasteiger partial charge in [-0.3, -0.25) is 4.79 Å². The maximum absolute atomic E-state index is 14.1. The zero-order valence-corrected chi connectivity index (χ0v) is 19.9. The van der Waals surface area contributed by atoms with E-state index in [2.05, 4.69) is 10.1 Å². The molecule has 0 aliphatic heterocycles. The molecule has 1 saturated carbocycles. The van der Waals surface area contributed by atoms with E-state index in [0.29, 0.717) is 61.9 Å². The highest BCUT2D eigenvalue weighted by Crippen LogP contribution is 2.53. The highest BCUT2D eigenvalue weighted by molar-refractivity contribution is 5.78. The van der Waals surface area contributed by atoms with Crippen LogP contribution < -0.4 is 5.32 Å². The van der Waals surface area contributed by atoms with Gasteiger partial charge in [0.1, 0.15) is 18.1 Å². The molecule has 38 heavy (non-hydrogen) atoms. The van der Waals surface area contributed by atoms with Crippen LogP contribution in [-0.2, 0) is 21.7 Å². The van der Waals surface area contributed by atoms with E-state index < -0.39 is 53.2 Å². The largest absolute Gasteiger partial charge is 0.430 e. The van der Waals surface area contributed by atoms with Crippen LogP contribution in [0.3, 0.4) is 0 Å². The molecule has 4 nitrogen and oxygen atoms in total. The summed E-state index contributed by atoms with van der Waals surface area (Å²) in [5.74, 6) is -3.27. The summed E-state index contributed by atoms with van der Waals surface area (Å²) in [5.41, 5.74) is -6.64. The lowest BCUT2D eigenvalue weighted by Crippen LogP contribution is -2.55. The molecule has 206 valence electrons. The third-order valence-electron chi connectivity index (χ3n) is 6.66. The molecule has 0 aromatic heterocycles. The number of ether oxygens (including phenoxy) is 1. The van der Waals surface area contributed by atoms with Gasteiger partial charge in [0, 0.05) is 17.2 Å². The molecule has 1 N–H and O–H groups in total. The number of nitriles is 1. The first-order chi connectivity index (χ1) is 17.8. The SMILES string of the molecule is N#CCC(=O)N[C@@H]1CCCC(c2ccc(C(OCc3c(F)cccc3F)(C(F)(F)F)C(F)(F)F)cc2)CC1. The Labute approximate surface area is 213 Å². The van der Waals surface area contributed by atoms with Crippen molar-refractivity contribution in [2.75, 3.05) is 0 Å². The number of carbonyl (C=O) groups excluding carboxylic acids is 1. The molecule has 1 amide bonds. The zero-order chi connectivity index (χ0) is 28.1. The molecule has 0 radical (unpaired) electrons. The van der Waals surface area contributed by atoms with E-state index >= 15 is 0 Å². The zero-order valence-electron chi connectivity index (χ0n) is 19.9. The Hall–Kier alpha value is -3.20. The summed E-state index contributed by atoms with van der Waals surface area (Å²) in [6.07, 6.45) is -9.39. The highest BCUT2D eigenvalue weighted by atomic mass is 19.4. The summed E-state index contributed by atoms with van der Waals surface area (Å²) in [6.45, 7) is -1.61. The minimum atomic E-state index is -6.01. The molecule has 0 heterocycles. The molecule has 1 aliphatic carbocycles. The van der Waals surface area contributed by atoms with Crippen molar-refractivity contribution < 1.29 is 44.7 Å². The second kappa shape index (κ2) is 11.7. The van der Waals surface area contributed by atoms with Crippen LogP contribution in [0.1, 0.15) is 61.1 Å². The number of nitrogens with one attached hydrogen (secondary N) is 1. The second-order valence-electron chi connectivity index (χ2n) is 9.09. The Morgan fingerprint density at radius 1 is 0.921 bits per heavy atom. The van der Waals surface area contributed by atoms with Crippen molar-refractivity contribution in [3.05, 3.63) is 70.8 Å². The van der Waals surface area contributed by atoms with Crippen molar-refractivity contribution in [3.8, 4) is 6.07 Å². The summed E-state index contributed by atoms with van der Waals surface area (Å²) < 4.78 is 117. The Morgan fingerprint density at radius 2 is 1.53 bits per heavy atom. The second-order valence-corrected chi connectivity index (χ2v) is 9.09. The molecule has 1 fully saturated rings. The number of hydrogen-bond donors (Lipinski definition) is 1. The molecule has 0 bridgehead atoms. The minimum absolute atomic E-state index is 0.179. The standard InChI is InChI=1S/C26H24F8N2O2/c27-21-5-2-6-22(28)20(21)15-38-24(25(29,30)31,26(32,33)34)18-10-7-17(8-11-18)16-3-1-4-19(12-9-16)36-23(37)13-14-35/h2,5-8,10-11,16,19H,1,3-4,9,12-13,15H2,(H,36,37)/t16?,19-/m1/s1. The molecule has 2 atom stereocenters. The normalized spacial score (nSPS) is 18.9. The molecule has 2 aromatic rings. The Kier molecular flexibility index (Phi) is 9.02. The van der Waals surface area contributed by atoms with E-state index in [0.717, 1.165) is 18.2 Å². The van der Waals surface area contributed by atoms with Crippen LogP contribution in [-0.4, -0.2) is 24.3 Å². The van der Waals surface area contributed by atoms with Crippen molar-refractivity contribution >= 4 is 5.91 Å². The summed E-state index contributed by atoms with van der Waals surface area (Å²) >= 11 is 0. The molecule has 3 rings (SSSR count). The first-order valence-corrected chi connectivity index (χ1v) is 11.8. The topological polar surface area (TPSA) is 62.1 Å². The Morgan fingerprint density at radius 3 is 2.08 bits per heavy atom. The van der Waals surface area contributed by atoms with Crippen LogP contribution in [0, 0.1) is 23.0 Å². The van der Waals surface area contributed by atoms with Crippen LogP contribution in [0.25, 0.3) is 0 Å². The Balaban J connectivity index is 1.87. The monoisotopic (exact) mass is 548 g/mol. The fourth-order valence-corrected chi connectivity index (χ4v) is 4.71. The van der Waals surface area contributed by atoms with Gasteiger partial charge in [-0.25, -0.2) is 8.78 Å². The summed E-state index contributed by atoms with van der Waals surface area (Å²) in [7, 11) is 0. The van der Waals surface area contributed by atoms with E-state index in [9.17, 15) is 39.9 Å². The van der Waals surface area contributed by atoms with E-state index in [1.807, 2.05) is 0 Å². The predicted octanol–water partition coefficient (Wildman–Crippen LogP) is 6.95. The van der Waals surface area contributed by atoms with Gasteiger partial charge in [-0.2, -0.15) is 31.6 Å². The number of hydrogen-bond acceptors (Lipinski definition) is 3. The van der Waals surface area contributed by atoms with E-state index in [1.54, 1.807) is 6.07 Å². The lowest BCUT2D eigenvalue weighted by Gasteiger charge is -2.37. The van der Waals surface area contributed by atoms with Gasteiger partial charge in [0.05, 0.1) is 12.7 Å². The number of alkyl halides is 6. The molecule has 0 saturated heterocycles. The molecule has 1 aliphatic rings. The fourth-order valence-electron chi connectivity index (χ4n) is 4.71. The van der Waals surface area contributed by atoms with Crippen LogP contribution >= 0.6 is 0 Å². The maximum Gasteiger partial charge on any atom is 0.430 e. The van der Waals surface area contributed by atoms with Crippen LogP contribution in [0.15, 0.2) is 42.5 Å². The van der Waals surface area contributed by atoms with Crippen LogP contribution in [0.2, 0.25) is 0 Å². The van der Waals surface area contributed by atoms with Gasteiger partial charge < -0.3 is 10.1 Å². The maximum atomic E-state index is 14.1. The van der Waals surface area contributed by atoms with Gasteiger partial charge in [-0.15, -0.1) is 0 Å². The van der Waals surface area contributed by atoms with Gasteiger partial charge >= 0.3 is 12.4 Å². The summed E-state index contributed by atoms with van der Waals surface area (Å²) in [5, 5.41) is 11.4. The minimum Gasteiger partial charge on any atom is -0.352 e. The van der Waals surface area contributed by atoms with Gasteiger partial charge in [-0.05, 0) is 49.3 Å². The van der Waals surface area contributed by atoms with Crippen molar-refractivity contribution in [1.82, 2.24) is 5.32 Å². The van der Waals surface area contributed by atoms with E-state index in [-0.39, 0.29) is 18.4 Å². The highest BCUT2D eigenvalue weighted by Gasteiger charge is 2.73. The van der Waals surface area contributed by atoms with Crippen molar-refractivity contribution in [3.63, 3.8) is 0 Å². The first-order valence-electron chi connectivity index (χ1n) is 11.8. The van der Waals surface area contributed by atoms with Gasteiger partial charge in [-0.1, -0.05) is 36.8 Å². The lowest BCUT2D eigenvalue weighted by atomic mass is 9.87. The third-order valence-corrected chi connectivity index (χ3v) is 6.66. The molecule has 2 aromatic carbocycles. The van der Waals surface area contributed by atoms with Gasteiger partial charge in [0.25, 0.3) is 5.60 Å². The molecular weight excluding hydrogens is 524 g/mol. The molecule has 12 heteroatoms. The smallest absolute Gasteiger partial charge is 0.352 e. The van der Waals surface area contributed by atoms with Crippen LogP contribution in [0.4, 0.5) is 35.1 Å². The average molecular weight is 548 g/mol. The van der Waals surface area contributed by atoms with E-state index in [1.165, 1.54) is 0 Å². The quantitative estimate of drug-likeness (QED) is 0.301. The fraction of sp³-hybridized carbons (Fsp3) is 0.462. The lowest BCUT2D eigenvalue weighted by molar-refractivity contribution is -0.392. The van der Waals surface area contributed by atoms with E-state index in [4.69, 9.17) is 5.26 Å². The molecular formula is C26H24F8N2O2. The van der Waals surface area contributed by atoms with Crippen LogP contribution in [0.5, 0.6) is 0 Å². The van der Waals surface area contributed by atoms with Gasteiger partial charge in [0.15, 0.2) is 0 Å². The number of benzene rings is 2. The number of halogens is 8. The summed E-state index contributed by atoms with van der Waals surface area (Å²) in [4.78, 5) is 11.7. The predicted molar refractivity (Wildman–Crippen MR) is 119 cm³/mol. The Bertz CT molecular complexity index is 1120. The van der Waals surface area contributed by atoms with Crippen molar-refractivity contribution in [1.29, 1.82) is 5.26 Å². The first kappa shape index (κ1) is 29.4. The molecule has 0 spiro atoms. The number of nitrogens with zero attached hydrogens (tertiary/aromatic N) is 1. The van der Waals surface area contributed by atoms with Crippen molar-refractivity contribution in [2.45, 2.75) is 75.0 Å². The number of carbonyl (C=O) groups is 1. The van der Waals surface area contributed by atoms with Gasteiger partial charge in [0.2, 0.25) is 5.91 Å². The number of amides is 1.